The van der Waals surface area contributed by atoms with Crippen LogP contribution in [0.5, 0.6) is 0 Å². The van der Waals surface area contributed by atoms with Crippen LogP contribution in [0, 0.1) is 0 Å². The SMILES string of the molecule is C=C(CCl)[C@@H](NC(=O)[C@H](NC(=O)c1ccccc1)C(OC)OC)C(=O)OCc1ccccc1. The van der Waals surface area contributed by atoms with E-state index in [9.17, 15) is 14.4 Å². The first kappa shape index (κ1) is 26.1. The molecule has 2 N–H and O–H groups in total. The zero-order valence-corrected chi connectivity index (χ0v) is 19.2. The molecule has 0 aromatic heterocycles. The van der Waals surface area contributed by atoms with Crippen molar-refractivity contribution in [2.24, 2.45) is 0 Å². The van der Waals surface area contributed by atoms with Crippen LogP contribution in [0.2, 0.25) is 0 Å². The summed E-state index contributed by atoms with van der Waals surface area (Å²) in [6.45, 7) is 3.77. The number of halogens is 1. The first-order chi connectivity index (χ1) is 15.9. The summed E-state index contributed by atoms with van der Waals surface area (Å²) in [5.74, 6) is -2.09. The number of carbonyl (C=O) groups is 3. The third-order valence-corrected chi connectivity index (χ3v) is 5.01. The maximum absolute atomic E-state index is 13.1. The van der Waals surface area contributed by atoms with Crippen LogP contribution < -0.4 is 10.6 Å². The van der Waals surface area contributed by atoms with Gasteiger partial charge in [0.1, 0.15) is 12.6 Å². The van der Waals surface area contributed by atoms with E-state index >= 15 is 0 Å². The fourth-order valence-corrected chi connectivity index (χ4v) is 3.04. The highest BCUT2D eigenvalue weighted by molar-refractivity contribution is 6.20. The lowest BCUT2D eigenvalue weighted by atomic mass is 10.1. The van der Waals surface area contributed by atoms with Crippen molar-refractivity contribution in [3.63, 3.8) is 0 Å². The van der Waals surface area contributed by atoms with Crippen molar-refractivity contribution >= 4 is 29.4 Å². The Morgan fingerprint density at radius 1 is 0.939 bits per heavy atom. The summed E-state index contributed by atoms with van der Waals surface area (Å²) in [7, 11) is 2.65. The molecule has 33 heavy (non-hydrogen) atoms. The van der Waals surface area contributed by atoms with E-state index in [2.05, 4.69) is 17.2 Å². The van der Waals surface area contributed by atoms with Crippen molar-refractivity contribution in [2.45, 2.75) is 25.0 Å². The lowest BCUT2D eigenvalue weighted by Gasteiger charge is -2.27. The molecule has 2 aromatic carbocycles. The third kappa shape index (κ3) is 7.71. The molecule has 0 aliphatic rings. The molecule has 2 aromatic rings. The monoisotopic (exact) mass is 474 g/mol. The van der Waals surface area contributed by atoms with Crippen molar-refractivity contribution in [3.05, 3.63) is 83.9 Å². The predicted molar refractivity (Wildman–Crippen MR) is 124 cm³/mol. The van der Waals surface area contributed by atoms with Gasteiger partial charge in [-0.3, -0.25) is 9.59 Å². The molecule has 2 atom stereocenters. The number of rotatable bonds is 12. The van der Waals surface area contributed by atoms with Crippen molar-refractivity contribution < 1.29 is 28.6 Å². The van der Waals surface area contributed by atoms with Crippen molar-refractivity contribution in [1.82, 2.24) is 10.6 Å². The largest absolute Gasteiger partial charge is 0.459 e. The number of alkyl halides is 1. The van der Waals surface area contributed by atoms with Gasteiger partial charge in [-0.2, -0.15) is 0 Å². The number of amides is 2. The van der Waals surface area contributed by atoms with Crippen molar-refractivity contribution in [3.8, 4) is 0 Å². The molecule has 2 rings (SSSR count). The standard InChI is InChI=1S/C24H27ClN2O6/c1-16(14-25)19(23(30)33-15-17-10-6-4-7-11-17)26-22(29)20(24(31-2)32-3)27-21(28)18-12-8-5-9-13-18/h4-13,19-20,24H,1,14-15H2,2-3H3,(H,26,29)(H,27,28)/t19-,20+/m1/s1. The van der Waals surface area contributed by atoms with Crippen LogP contribution in [0.3, 0.4) is 0 Å². The summed E-state index contributed by atoms with van der Waals surface area (Å²) in [6.07, 6.45) is -1.12. The number of nitrogens with one attached hydrogen (secondary N) is 2. The molecule has 0 heterocycles. The molecule has 2 amide bonds. The average molecular weight is 475 g/mol. The van der Waals surface area contributed by atoms with Gasteiger partial charge in [-0.15, -0.1) is 11.6 Å². The topological polar surface area (TPSA) is 103 Å². The second-order valence-electron chi connectivity index (χ2n) is 6.98. The number of methoxy groups -OCH3 is 2. The van der Waals surface area contributed by atoms with Gasteiger partial charge in [0.25, 0.3) is 5.91 Å². The molecule has 0 bridgehead atoms. The minimum Gasteiger partial charge on any atom is -0.459 e. The molecule has 0 spiro atoms. The molecule has 9 heteroatoms. The molecule has 8 nitrogen and oxygen atoms in total. The second kappa shape index (κ2) is 13.4. The normalized spacial score (nSPS) is 12.5. The van der Waals surface area contributed by atoms with E-state index in [4.69, 9.17) is 25.8 Å². The molecule has 0 aliphatic heterocycles. The Morgan fingerprint density at radius 2 is 1.52 bits per heavy atom. The molecular weight excluding hydrogens is 448 g/mol. The van der Waals surface area contributed by atoms with Gasteiger partial charge in [0.05, 0.1) is 0 Å². The molecule has 0 unspecified atom stereocenters. The maximum Gasteiger partial charge on any atom is 0.333 e. The highest BCUT2D eigenvalue weighted by Gasteiger charge is 2.34. The highest BCUT2D eigenvalue weighted by Crippen LogP contribution is 2.10. The number of carbonyl (C=O) groups excluding carboxylic acids is 3. The zero-order valence-electron chi connectivity index (χ0n) is 18.5. The van der Waals surface area contributed by atoms with E-state index in [0.29, 0.717) is 5.56 Å². The van der Waals surface area contributed by atoms with Gasteiger partial charge in [0.15, 0.2) is 12.3 Å². The van der Waals surface area contributed by atoms with Crippen LogP contribution in [0.15, 0.2) is 72.8 Å². The van der Waals surface area contributed by atoms with Gasteiger partial charge in [0, 0.05) is 25.7 Å². The molecule has 0 fully saturated rings. The molecular formula is C24H27ClN2O6. The summed E-state index contributed by atoms with van der Waals surface area (Å²) < 4.78 is 15.7. The van der Waals surface area contributed by atoms with Gasteiger partial charge in [-0.1, -0.05) is 55.1 Å². The van der Waals surface area contributed by atoms with Gasteiger partial charge in [-0.25, -0.2) is 4.79 Å². The van der Waals surface area contributed by atoms with E-state index in [-0.39, 0.29) is 18.1 Å². The van der Waals surface area contributed by atoms with E-state index < -0.39 is 36.2 Å². The third-order valence-electron chi connectivity index (χ3n) is 4.67. The summed E-state index contributed by atoms with van der Waals surface area (Å²) in [5.41, 5.74) is 1.34. The Morgan fingerprint density at radius 3 is 2.06 bits per heavy atom. The number of esters is 1. The van der Waals surface area contributed by atoms with Crippen molar-refractivity contribution in [2.75, 3.05) is 20.1 Å². The Kier molecular flexibility index (Phi) is 10.6. The van der Waals surface area contributed by atoms with Crippen molar-refractivity contribution in [1.29, 1.82) is 0 Å². The Balaban J connectivity index is 2.16. The Bertz CT molecular complexity index is 934. The van der Waals surface area contributed by atoms with Crippen LogP contribution >= 0.6 is 11.6 Å². The van der Waals surface area contributed by atoms with Crippen LogP contribution in [-0.2, 0) is 30.4 Å². The quantitative estimate of drug-likeness (QED) is 0.212. The van der Waals surface area contributed by atoms with Crippen LogP contribution in [0.25, 0.3) is 0 Å². The summed E-state index contributed by atoms with van der Waals surface area (Å²) in [5, 5.41) is 5.12. The lowest BCUT2D eigenvalue weighted by Crippen LogP contribution is -2.57. The average Bonchev–Trinajstić information content (AvgIpc) is 2.86. The van der Waals surface area contributed by atoms with Gasteiger partial charge < -0.3 is 24.8 Å². The van der Waals surface area contributed by atoms with Crippen LogP contribution in [0.4, 0.5) is 0 Å². The van der Waals surface area contributed by atoms with Crippen LogP contribution in [0.1, 0.15) is 15.9 Å². The molecule has 0 aliphatic carbocycles. The maximum atomic E-state index is 13.1. The minimum atomic E-state index is -1.28. The van der Waals surface area contributed by atoms with E-state index in [0.717, 1.165) is 5.56 Å². The first-order valence-electron chi connectivity index (χ1n) is 10.1. The van der Waals surface area contributed by atoms with E-state index in [1.807, 2.05) is 18.2 Å². The van der Waals surface area contributed by atoms with Gasteiger partial charge in [0.2, 0.25) is 5.91 Å². The summed E-state index contributed by atoms with van der Waals surface area (Å²) >= 11 is 5.87. The van der Waals surface area contributed by atoms with Crippen LogP contribution in [-0.4, -0.2) is 56.3 Å². The second-order valence-corrected chi connectivity index (χ2v) is 7.25. The Labute approximate surface area is 197 Å². The van der Waals surface area contributed by atoms with Gasteiger partial charge >= 0.3 is 5.97 Å². The molecule has 0 saturated carbocycles. The molecule has 0 radical (unpaired) electrons. The first-order valence-corrected chi connectivity index (χ1v) is 10.6. The number of hydrogen-bond acceptors (Lipinski definition) is 6. The fraction of sp³-hybridized carbons (Fsp3) is 0.292. The van der Waals surface area contributed by atoms with Gasteiger partial charge in [-0.05, 0) is 23.3 Å². The fourth-order valence-electron chi connectivity index (χ4n) is 2.89. The Hall–Kier alpha value is -3.20. The number of benzene rings is 2. The minimum absolute atomic E-state index is 0.00848. The molecule has 176 valence electrons. The summed E-state index contributed by atoms with van der Waals surface area (Å²) in [4.78, 5) is 38.5. The summed E-state index contributed by atoms with van der Waals surface area (Å²) in [6, 6.07) is 14.9. The van der Waals surface area contributed by atoms with E-state index in [1.165, 1.54) is 14.2 Å². The smallest absolute Gasteiger partial charge is 0.333 e. The predicted octanol–water partition coefficient (Wildman–Crippen LogP) is 2.43. The zero-order chi connectivity index (χ0) is 24.2. The van der Waals surface area contributed by atoms with E-state index in [1.54, 1.807) is 42.5 Å². The highest BCUT2D eigenvalue weighted by atomic mass is 35.5. The number of hydrogen-bond donors (Lipinski definition) is 2. The lowest BCUT2D eigenvalue weighted by molar-refractivity contribution is -0.153. The number of ether oxygens (including phenoxy) is 3. The molecule has 0 saturated heterocycles.